The van der Waals surface area contributed by atoms with E-state index in [0.717, 1.165) is 34.4 Å². The van der Waals surface area contributed by atoms with Gasteiger partial charge in [0.25, 0.3) is 0 Å². The number of aromatic amines is 1. The highest BCUT2D eigenvalue weighted by molar-refractivity contribution is 5.95. The summed E-state index contributed by atoms with van der Waals surface area (Å²) in [6, 6.07) is 14.2. The van der Waals surface area contributed by atoms with Crippen LogP contribution in [-0.2, 0) is 6.54 Å². The van der Waals surface area contributed by atoms with Crippen LogP contribution in [0.15, 0.2) is 42.5 Å². The maximum absolute atomic E-state index is 5.81. The van der Waals surface area contributed by atoms with Crippen molar-refractivity contribution in [2.75, 3.05) is 19.8 Å². The first-order valence-corrected chi connectivity index (χ1v) is 6.62. The highest BCUT2D eigenvalue weighted by Gasteiger charge is 2.12. The average Bonchev–Trinajstić information content (AvgIpc) is 2.81. The molecule has 3 aromatic rings. The lowest BCUT2D eigenvalue weighted by Gasteiger charge is -2.13. The number of aromatic nitrogens is 2. The zero-order valence-electron chi connectivity index (χ0n) is 11.7. The van der Waals surface area contributed by atoms with Crippen LogP contribution in [-0.4, -0.2) is 29.2 Å². The van der Waals surface area contributed by atoms with E-state index in [9.17, 15) is 0 Å². The first kappa shape index (κ1) is 12.7. The van der Waals surface area contributed by atoms with Crippen LogP contribution in [0.1, 0.15) is 5.56 Å². The molecule has 3 rings (SSSR count). The monoisotopic (exact) mass is 266 g/mol. The molecule has 0 amide bonds. The van der Waals surface area contributed by atoms with Crippen molar-refractivity contribution in [1.82, 2.24) is 15.1 Å². The molecular formula is C16H18N4. The van der Waals surface area contributed by atoms with E-state index >= 15 is 0 Å². The van der Waals surface area contributed by atoms with Gasteiger partial charge in [-0.15, -0.1) is 0 Å². The van der Waals surface area contributed by atoms with Gasteiger partial charge in [0.05, 0.1) is 5.52 Å². The zero-order valence-corrected chi connectivity index (χ0v) is 11.7. The van der Waals surface area contributed by atoms with Gasteiger partial charge in [-0.3, -0.25) is 5.10 Å². The van der Waals surface area contributed by atoms with Crippen LogP contribution in [0.3, 0.4) is 0 Å². The molecule has 0 aliphatic carbocycles. The SMILES string of the molecule is CN(C)Cc1ccccc1-c1n[nH]c2cc(N)ccc12. The van der Waals surface area contributed by atoms with Gasteiger partial charge in [-0.2, -0.15) is 5.10 Å². The molecule has 0 saturated carbocycles. The van der Waals surface area contributed by atoms with Crippen molar-refractivity contribution in [3.8, 4) is 11.3 Å². The Kier molecular flexibility index (Phi) is 3.16. The normalized spacial score (nSPS) is 11.3. The van der Waals surface area contributed by atoms with E-state index in [1.807, 2.05) is 24.3 Å². The fraction of sp³-hybridized carbons (Fsp3) is 0.188. The second-order valence-corrected chi connectivity index (χ2v) is 5.27. The number of rotatable bonds is 3. The maximum Gasteiger partial charge on any atom is 0.100 e. The number of benzene rings is 2. The van der Waals surface area contributed by atoms with Crippen molar-refractivity contribution < 1.29 is 0 Å². The average molecular weight is 266 g/mol. The van der Waals surface area contributed by atoms with Gasteiger partial charge in [0, 0.05) is 23.2 Å². The molecule has 102 valence electrons. The molecule has 4 heteroatoms. The molecule has 0 unspecified atom stereocenters. The lowest BCUT2D eigenvalue weighted by Crippen LogP contribution is -2.11. The van der Waals surface area contributed by atoms with E-state index in [1.165, 1.54) is 5.56 Å². The molecule has 3 N–H and O–H groups in total. The Labute approximate surface area is 118 Å². The molecular weight excluding hydrogens is 248 g/mol. The second-order valence-electron chi connectivity index (χ2n) is 5.27. The number of H-pyrrole nitrogens is 1. The van der Waals surface area contributed by atoms with Crippen LogP contribution in [0, 0.1) is 0 Å². The van der Waals surface area contributed by atoms with Crippen molar-refractivity contribution >= 4 is 16.6 Å². The van der Waals surface area contributed by atoms with Crippen LogP contribution in [0.2, 0.25) is 0 Å². The van der Waals surface area contributed by atoms with Gasteiger partial charge in [0.15, 0.2) is 0 Å². The Balaban J connectivity index is 2.16. The summed E-state index contributed by atoms with van der Waals surface area (Å²) in [7, 11) is 4.14. The Morgan fingerprint density at radius 2 is 1.95 bits per heavy atom. The molecule has 0 fully saturated rings. The van der Waals surface area contributed by atoms with E-state index < -0.39 is 0 Å². The third-order valence-electron chi connectivity index (χ3n) is 3.35. The second kappa shape index (κ2) is 4.98. The topological polar surface area (TPSA) is 57.9 Å². The third kappa shape index (κ3) is 2.26. The Morgan fingerprint density at radius 3 is 2.75 bits per heavy atom. The van der Waals surface area contributed by atoms with Gasteiger partial charge in [0.1, 0.15) is 5.69 Å². The van der Waals surface area contributed by atoms with E-state index in [2.05, 4.69) is 47.4 Å². The summed E-state index contributed by atoms with van der Waals surface area (Å²) in [6.07, 6.45) is 0. The van der Waals surface area contributed by atoms with E-state index in [0.29, 0.717) is 0 Å². The first-order valence-electron chi connectivity index (χ1n) is 6.62. The number of hydrogen-bond donors (Lipinski definition) is 2. The number of hydrogen-bond acceptors (Lipinski definition) is 3. The highest BCUT2D eigenvalue weighted by atomic mass is 15.1. The molecule has 0 atom stereocenters. The maximum atomic E-state index is 5.81. The minimum Gasteiger partial charge on any atom is -0.399 e. The zero-order chi connectivity index (χ0) is 14.1. The summed E-state index contributed by atoms with van der Waals surface area (Å²) in [5.41, 5.74) is 10.9. The molecule has 0 bridgehead atoms. The first-order chi connectivity index (χ1) is 9.65. The fourth-order valence-corrected chi connectivity index (χ4v) is 2.47. The summed E-state index contributed by atoms with van der Waals surface area (Å²) in [5, 5.41) is 8.64. The van der Waals surface area contributed by atoms with Gasteiger partial charge in [-0.1, -0.05) is 24.3 Å². The van der Waals surface area contributed by atoms with E-state index in [4.69, 9.17) is 5.73 Å². The largest absolute Gasteiger partial charge is 0.399 e. The molecule has 0 aliphatic rings. The van der Waals surface area contributed by atoms with Crippen LogP contribution in [0.25, 0.3) is 22.2 Å². The van der Waals surface area contributed by atoms with Crippen molar-refractivity contribution in [1.29, 1.82) is 0 Å². The number of nitrogens with one attached hydrogen (secondary N) is 1. The van der Waals surface area contributed by atoms with Gasteiger partial charge in [-0.25, -0.2) is 0 Å². The van der Waals surface area contributed by atoms with Crippen LogP contribution in [0.5, 0.6) is 0 Å². The molecule has 20 heavy (non-hydrogen) atoms. The molecule has 0 aliphatic heterocycles. The Morgan fingerprint density at radius 1 is 1.15 bits per heavy atom. The molecule has 0 saturated heterocycles. The smallest absolute Gasteiger partial charge is 0.100 e. The molecule has 4 nitrogen and oxygen atoms in total. The van der Waals surface area contributed by atoms with Crippen molar-refractivity contribution in [2.24, 2.45) is 0 Å². The summed E-state index contributed by atoms with van der Waals surface area (Å²) >= 11 is 0. The van der Waals surface area contributed by atoms with Crippen LogP contribution >= 0.6 is 0 Å². The fourth-order valence-electron chi connectivity index (χ4n) is 2.47. The number of nitrogen functional groups attached to an aromatic ring is 1. The lowest BCUT2D eigenvalue weighted by atomic mass is 10.0. The number of anilines is 1. The standard InChI is InChI=1S/C16H18N4/c1-20(2)10-11-5-3-4-6-13(11)16-14-8-7-12(17)9-15(14)18-19-16/h3-9H,10,17H2,1-2H3,(H,18,19). The van der Waals surface area contributed by atoms with Gasteiger partial charge < -0.3 is 10.6 Å². The summed E-state index contributed by atoms with van der Waals surface area (Å²) < 4.78 is 0. The van der Waals surface area contributed by atoms with E-state index in [-0.39, 0.29) is 0 Å². The Bertz CT molecular complexity index is 743. The lowest BCUT2D eigenvalue weighted by molar-refractivity contribution is 0.403. The number of nitrogens with two attached hydrogens (primary N) is 1. The van der Waals surface area contributed by atoms with Gasteiger partial charge in [0.2, 0.25) is 0 Å². The molecule has 2 aromatic carbocycles. The van der Waals surface area contributed by atoms with Crippen molar-refractivity contribution in [3.63, 3.8) is 0 Å². The Hall–Kier alpha value is -2.33. The summed E-state index contributed by atoms with van der Waals surface area (Å²) in [4.78, 5) is 2.16. The molecule has 0 spiro atoms. The van der Waals surface area contributed by atoms with Gasteiger partial charge in [-0.05, 0) is 37.9 Å². The predicted molar refractivity (Wildman–Crippen MR) is 83.3 cm³/mol. The predicted octanol–water partition coefficient (Wildman–Crippen LogP) is 2.87. The molecule has 1 heterocycles. The summed E-state index contributed by atoms with van der Waals surface area (Å²) in [5.74, 6) is 0. The molecule has 0 radical (unpaired) electrons. The quantitative estimate of drug-likeness (QED) is 0.717. The van der Waals surface area contributed by atoms with Crippen LogP contribution < -0.4 is 5.73 Å². The van der Waals surface area contributed by atoms with Crippen LogP contribution in [0.4, 0.5) is 5.69 Å². The number of nitrogens with zero attached hydrogens (tertiary/aromatic N) is 2. The van der Waals surface area contributed by atoms with Crippen molar-refractivity contribution in [3.05, 3.63) is 48.0 Å². The van der Waals surface area contributed by atoms with Gasteiger partial charge >= 0.3 is 0 Å². The van der Waals surface area contributed by atoms with E-state index in [1.54, 1.807) is 0 Å². The minimum atomic E-state index is 0.745. The summed E-state index contributed by atoms with van der Waals surface area (Å²) in [6.45, 7) is 0.888. The third-order valence-corrected chi connectivity index (χ3v) is 3.35. The highest BCUT2D eigenvalue weighted by Crippen LogP contribution is 2.30. The number of fused-ring (bicyclic) bond motifs is 1. The minimum absolute atomic E-state index is 0.745. The van der Waals surface area contributed by atoms with Crippen molar-refractivity contribution in [2.45, 2.75) is 6.54 Å². The molecule has 1 aromatic heterocycles.